The molecule has 1 aliphatic rings. The van der Waals surface area contributed by atoms with Crippen LogP contribution in [0.5, 0.6) is 0 Å². The molecule has 1 saturated heterocycles. The van der Waals surface area contributed by atoms with Gasteiger partial charge in [0.05, 0.1) is 12.4 Å². The van der Waals surface area contributed by atoms with Crippen LogP contribution in [0, 0.1) is 13.8 Å². The topological polar surface area (TPSA) is 58.1 Å². The van der Waals surface area contributed by atoms with Gasteiger partial charge in [0, 0.05) is 18.8 Å². The van der Waals surface area contributed by atoms with Crippen molar-refractivity contribution in [1.82, 2.24) is 9.97 Å². The van der Waals surface area contributed by atoms with Crippen LogP contribution in [0.15, 0.2) is 30.6 Å². The Balaban J connectivity index is 1.68. The van der Waals surface area contributed by atoms with Crippen molar-refractivity contribution in [1.29, 1.82) is 0 Å². The molecule has 0 saturated carbocycles. The van der Waals surface area contributed by atoms with Crippen LogP contribution in [-0.2, 0) is 0 Å². The summed E-state index contributed by atoms with van der Waals surface area (Å²) in [5, 5.41) is 2.87. The maximum absolute atomic E-state index is 12.3. The van der Waals surface area contributed by atoms with Gasteiger partial charge in [-0.1, -0.05) is 6.07 Å². The number of aromatic nitrogens is 2. The van der Waals surface area contributed by atoms with Crippen LogP contribution in [0.4, 0.5) is 11.5 Å². The Morgan fingerprint density at radius 2 is 1.83 bits per heavy atom. The smallest absolute Gasteiger partial charge is 0.275 e. The van der Waals surface area contributed by atoms with Crippen LogP contribution in [0.25, 0.3) is 0 Å². The molecule has 5 heteroatoms. The van der Waals surface area contributed by atoms with Gasteiger partial charge in [0.2, 0.25) is 0 Å². The van der Waals surface area contributed by atoms with Crippen molar-refractivity contribution < 1.29 is 4.79 Å². The molecule has 1 amide bonds. The normalized spacial score (nSPS) is 14.6. The number of hydrogen-bond acceptors (Lipinski definition) is 4. The van der Waals surface area contributed by atoms with Gasteiger partial charge in [-0.05, 0) is 56.4 Å². The van der Waals surface area contributed by atoms with E-state index < -0.39 is 0 Å². The number of carbonyl (C=O) groups is 1. The number of nitrogens with one attached hydrogen (secondary N) is 1. The molecule has 1 aromatic carbocycles. The van der Waals surface area contributed by atoms with Crippen LogP contribution >= 0.6 is 0 Å². The fourth-order valence-electron chi connectivity index (χ4n) is 2.74. The molecule has 3 rings (SSSR count). The largest absolute Gasteiger partial charge is 0.355 e. The van der Waals surface area contributed by atoms with Gasteiger partial charge < -0.3 is 10.2 Å². The predicted molar refractivity (Wildman–Crippen MR) is 92.0 cm³/mol. The first-order chi connectivity index (χ1) is 11.1. The van der Waals surface area contributed by atoms with E-state index in [1.165, 1.54) is 24.8 Å². The molecule has 0 unspecified atom stereocenters. The van der Waals surface area contributed by atoms with Gasteiger partial charge in [-0.2, -0.15) is 0 Å². The number of amides is 1. The molecular formula is C18H22N4O. The first-order valence-electron chi connectivity index (χ1n) is 8.09. The first kappa shape index (κ1) is 15.5. The Labute approximate surface area is 136 Å². The zero-order valence-electron chi connectivity index (χ0n) is 13.7. The molecule has 1 aromatic heterocycles. The molecule has 1 aliphatic heterocycles. The van der Waals surface area contributed by atoms with Crippen molar-refractivity contribution in [2.24, 2.45) is 0 Å². The Kier molecular flexibility index (Phi) is 4.55. The molecule has 1 N–H and O–H groups in total. The summed E-state index contributed by atoms with van der Waals surface area (Å²) < 4.78 is 0. The van der Waals surface area contributed by atoms with Crippen molar-refractivity contribution >= 4 is 17.4 Å². The zero-order valence-corrected chi connectivity index (χ0v) is 13.7. The van der Waals surface area contributed by atoms with Gasteiger partial charge in [0.15, 0.2) is 0 Å². The number of nitrogens with zero attached hydrogens (tertiary/aromatic N) is 3. The van der Waals surface area contributed by atoms with E-state index in [1.54, 1.807) is 12.4 Å². The lowest BCUT2D eigenvalue weighted by Gasteiger charge is -2.27. The number of rotatable bonds is 3. The zero-order chi connectivity index (χ0) is 16.2. The molecule has 0 bridgehead atoms. The van der Waals surface area contributed by atoms with E-state index in [0.29, 0.717) is 5.69 Å². The molecule has 1 fully saturated rings. The molecule has 120 valence electrons. The van der Waals surface area contributed by atoms with Gasteiger partial charge in [0.1, 0.15) is 11.5 Å². The summed E-state index contributed by atoms with van der Waals surface area (Å²) in [4.78, 5) is 23.2. The summed E-state index contributed by atoms with van der Waals surface area (Å²) in [7, 11) is 0. The second-order valence-corrected chi connectivity index (χ2v) is 6.06. The molecule has 0 spiro atoms. The second-order valence-electron chi connectivity index (χ2n) is 6.06. The van der Waals surface area contributed by atoms with E-state index in [1.807, 2.05) is 32.0 Å². The highest BCUT2D eigenvalue weighted by Gasteiger charge is 2.14. The van der Waals surface area contributed by atoms with Crippen LogP contribution in [0.1, 0.15) is 40.9 Å². The second kappa shape index (κ2) is 6.77. The predicted octanol–water partition coefficient (Wildman–Crippen LogP) is 3.34. The lowest BCUT2D eigenvalue weighted by atomic mass is 10.1. The third-order valence-corrected chi connectivity index (χ3v) is 4.32. The van der Waals surface area contributed by atoms with Gasteiger partial charge in [-0.15, -0.1) is 0 Å². The first-order valence-corrected chi connectivity index (χ1v) is 8.09. The molecule has 5 nitrogen and oxygen atoms in total. The number of aryl methyl sites for hydroxylation is 2. The van der Waals surface area contributed by atoms with Crippen LogP contribution in [0.3, 0.4) is 0 Å². The fraction of sp³-hybridized carbons (Fsp3) is 0.389. The van der Waals surface area contributed by atoms with E-state index in [0.717, 1.165) is 30.2 Å². The summed E-state index contributed by atoms with van der Waals surface area (Å²) in [6.45, 7) is 6.11. The fourth-order valence-corrected chi connectivity index (χ4v) is 2.74. The van der Waals surface area contributed by atoms with Crippen molar-refractivity contribution in [2.45, 2.75) is 33.1 Å². The van der Waals surface area contributed by atoms with Gasteiger partial charge in [-0.25, -0.2) is 9.97 Å². The Hall–Kier alpha value is -2.43. The van der Waals surface area contributed by atoms with E-state index in [-0.39, 0.29) is 5.91 Å². The minimum absolute atomic E-state index is 0.231. The third-order valence-electron chi connectivity index (χ3n) is 4.32. The monoisotopic (exact) mass is 310 g/mol. The van der Waals surface area contributed by atoms with Crippen LogP contribution < -0.4 is 10.2 Å². The van der Waals surface area contributed by atoms with Gasteiger partial charge in [0.25, 0.3) is 5.91 Å². The summed E-state index contributed by atoms with van der Waals surface area (Å²) in [5.41, 5.74) is 3.46. The van der Waals surface area contributed by atoms with E-state index >= 15 is 0 Å². The third kappa shape index (κ3) is 3.67. The molecule has 2 heterocycles. The molecule has 0 atom stereocenters. The van der Waals surface area contributed by atoms with Crippen LogP contribution in [-0.4, -0.2) is 29.0 Å². The van der Waals surface area contributed by atoms with E-state index in [4.69, 9.17) is 0 Å². The average Bonchev–Trinajstić information content (AvgIpc) is 2.59. The highest BCUT2D eigenvalue weighted by atomic mass is 16.1. The number of hydrogen-bond donors (Lipinski definition) is 1. The van der Waals surface area contributed by atoms with Gasteiger partial charge in [-0.3, -0.25) is 4.79 Å². The molecule has 2 aromatic rings. The molecule has 0 aliphatic carbocycles. The summed E-state index contributed by atoms with van der Waals surface area (Å²) in [5.74, 6) is 0.623. The van der Waals surface area contributed by atoms with E-state index in [9.17, 15) is 4.79 Å². The molecule has 0 radical (unpaired) electrons. The number of piperidine rings is 1. The van der Waals surface area contributed by atoms with Gasteiger partial charge >= 0.3 is 0 Å². The summed E-state index contributed by atoms with van der Waals surface area (Å²) >= 11 is 0. The molecular weight excluding hydrogens is 288 g/mol. The lowest BCUT2D eigenvalue weighted by Crippen LogP contribution is -2.30. The number of carbonyl (C=O) groups excluding carboxylic acids is 1. The van der Waals surface area contributed by atoms with Crippen LogP contribution in [0.2, 0.25) is 0 Å². The Bertz CT molecular complexity index is 691. The highest BCUT2D eigenvalue weighted by molar-refractivity contribution is 6.02. The Morgan fingerprint density at radius 3 is 2.48 bits per heavy atom. The molecule has 23 heavy (non-hydrogen) atoms. The maximum atomic E-state index is 12.3. The van der Waals surface area contributed by atoms with E-state index in [2.05, 4.69) is 20.2 Å². The average molecular weight is 310 g/mol. The van der Waals surface area contributed by atoms with Crippen molar-refractivity contribution in [3.8, 4) is 0 Å². The minimum Gasteiger partial charge on any atom is -0.355 e. The number of benzene rings is 1. The maximum Gasteiger partial charge on any atom is 0.275 e. The minimum atomic E-state index is -0.231. The van der Waals surface area contributed by atoms with Crippen molar-refractivity contribution in [2.75, 3.05) is 23.3 Å². The quantitative estimate of drug-likeness (QED) is 0.944. The lowest BCUT2D eigenvalue weighted by molar-refractivity contribution is 0.102. The summed E-state index contributed by atoms with van der Waals surface area (Å²) in [6, 6.07) is 5.86. The standard InChI is InChI=1S/C18H22N4O/c1-13-6-7-15(10-14(13)2)21-18(23)16-11-20-17(12-19-16)22-8-4-3-5-9-22/h6-7,10-12H,3-5,8-9H2,1-2H3,(H,21,23). The number of anilines is 2. The summed E-state index contributed by atoms with van der Waals surface area (Å²) in [6.07, 6.45) is 6.91. The highest BCUT2D eigenvalue weighted by Crippen LogP contribution is 2.17. The SMILES string of the molecule is Cc1ccc(NC(=O)c2cnc(N3CCCCC3)cn2)cc1C. The van der Waals surface area contributed by atoms with Crippen molar-refractivity contribution in [3.63, 3.8) is 0 Å². The van der Waals surface area contributed by atoms with Crippen molar-refractivity contribution in [3.05, 3.63) is 47.4 Å². The Morgan fingerprint density at radius 1 is 1.04 bits per heavy atom.